The number of alkyl halides is 4. The molecule has 0 N–H and O–H groups in total. The lowest BCUT2D eigenvalue weighted by Gasteiger charge is -2.15. The van der Waals surface area contributed by atoms with Gasteiger partial charge in [-0.15, -0.1) is 13.2 Å². The Balaban J connectivity index is 2.22. The number of rotatable bonds is 3. The van der Waals surface area contributed by atoms with Crippen molar-refractivity contribution < 1.29 is 17.9 Å². The van der Waals surface area contributed by atoms with Crippen molar-refractivity contribution in [1.29, 1.82) is 0 Å². The van der Waals surface area contributed by atoms with E-state index in [1.165, 1.54) is 17.7 Å². The second-order valence-corrected chi connectivity index (χ2v) is 5.76. The van der Waals surface area contributed by atoms with E-state index in [4.69, 9.17) is 0 Å². The summed E-state index contributed by atoms with van der Waals surface area (Å²) in [5.74, 6) is -0.216. The molecule has 1 nitrogen and oxygen atoms in total. The average Bonchev–Trinajstić information content (AvgIpc) is 2.37. The van der Waals surface area contributed by atoms with Gasteiger partial charge < -0.3 is 4.74 Å². The Hall–Kier alpha value is -1.49. The van der Waals surface area contributed by atoms with Crippen LogP contribution >= 0.6 is 15.9 Å². The standard InChI is InChI=1S/C16H14BrF3O/c1-10-3-8-14(11(2)9-10)15(17)12-4-6-13(7-5-12)21-16(18,19)20/h3-9,15H,1-2H3. The maximum Gasteiger partial charge on any atom is 0.573 e. The molecule has 1 atom stereocenters. The van der Waals surface area contributed by atoms with Gasteiger partial charge in [-0.2, -0.15) is 0 Å². The molecular weight excluding hydrogens is 345 g/mol. The van der Waals surface area contributed by atoms with Crippen LogP contribution in [0.4, 0.5) is 13.2 Å². The van der Waals surface area contributed by atoms with Crippen molar-refractivity contribution in [1.82, 2.24) is 0 Å². The Morgan fingerprint density at radius 2 is 1.62 bits per heavy atom. The van der Waals surface area contributed by atoms with Gasteiger partial charge in [0.2, 0.25) is 0 Å². The van der Waals surface area contributed by atoms with Crippen LogP contribution < -0.4 is 4.74 Å². The first-order chi connectivity index (χ1) is 9.76. The third kappa shape index (κ3) is 4.24. The van der Waals surface area contributed by atoms with Crippen LogP contribution in [-0.2, 0) is 0 Å². The number of aryl methyl sites for hydroxylation is 2. The Kier molecular flexibility index (Phi) is 4.61. The van der Waals surface area contributed by atoms with Gasteiger partial charge in [-0.25, -0.2) is 0 Å². The summed E-state index contributed by atoms with van der Waals surface area (Å²) in [7, 11) is 0. The molecule has 0 aliphatic carbocycles. The molecule has 112 valence electrons. The van der Waals surface area contributed by atoms with Crippen LogP contribution in [0.25, 0.3) is 0 Å². The SMILES string of the molecule is Cc1ccc(C(Br)c2ccc(OC(F)(F)F)cc2)c(C)c1. The van der Waals surface area contributed by atoms with E-state index in [-0.39, 0.29) is 10.6 Å². The number of hydrogen-bond acceptors (Lipinski definition) is 1. The van der Waals surface area contributed by atoms with Crippen LogP contribution in [0.1, 0.15) is 27.1 Å². The first-order valence-corrected chi connectivity index (χ1v) is 7.25. The highest BCUT2D eigenvalue weighted by Gasteiger charge is 2.31. The molecule has 0 saturated carbocycles. The highest BCUT2D eigenvalue weighted by atomic mass is 79.9. The molecule has 0 aliphatic heterocycles. The molecule has 0 spiro atoms. The molecule has 2 aromatic rings. The fourth-order valence-electron chi connectivity index (χ4n) is 2.13. The van der Waals surface area contributed by atoms with Crippen molar-refractivity contribution in [3.8, 4) is 5.75 Å². The molecule has 0 fully saturated rings. The lowest BCUT2D eigenvalue weighted by atomic mass is 9.99. The summed E-state index contributed by atoms with van der Waals surface area (Å²) >= 11 is 3.59. The van der Waals surface area contributed by atoms with E-state index in [2.05, 4.69) is 26.7 Å². The second kappa shape index (κ2) is 6.10. The monoisotopic (exact) mass is 358 g/mol. The van der Waals surface area contributed by atoms with Crippen LogP contribution in [0.2, 0.25) is 0 Å². The summed E-state index contributed by atoms with van der Waals surface area (Å²) in [6, 6.07) is 12.0. The molecule has 2 aromatic carbocycles. The van der Waals surface area contributed by atoms with E-state index in [0.29, 0.717) is 0 Å². The van der Waals surface area contributed by atoms with Crippen LogP contribution in [-0.4, -0.2) is 6.36 Å². The Morgan fingerprint density at radius 3 is 2.14 bits per heavy atom. The first kappa shape index (κ1) is 15.9. The van der Waals surface area contributed by atoms with Crippen molar-refractivity contribution in [3.63, 3.8) is 0 Å². The highest BCUT2D eigenvalue weighted by molar-refractivity contribution is 9.09. The molecule has 5 heteroatoms. The van der Waals surface area contributed by atoms with Crippen molar-refractivity contribution >= 4 is 15.9 Å². The molecule has 0 saturated heterocycles. The van der Waals surface area contributed by atoms with Crippen molar-refractivity contribution in [2.45, 2.75) is 25.0 Å². The van der Waals surface area contributed by atoms with Gasteiger partial charge >= 0.3 is 6.36 Å². The zero-order chi connectivity index (χ0) is 15.6. The third-order valence-electron chi connectivity index (χ3n) is 3.10. The minimum absolute atomic E-state index is 0.0713. The summed E-state index contributed by atoms with van der Waals surface area (Å²) in [4.78, 5) is -0.0713. The van der Waals surface area contributed by atoms with Gasteiger partial charge in [0, 0.05) is 0 Å². The van der Waals surface area contributed by atoms with Gasteiger partial charge in [0.05, 0.1) is 4.83 Å². The molecule has 21 heavy (non-hydrogen) atoms. The predicted octanol–water partition coefficient (Wildman–Crippen LogP) is 5.69. The third-order valence-corrected chi connectivity index (χ3v) is 4.13. The number of ether oxygens (including phenoxy) is 1. The molecule has 0 bridgehead atoms. The first-order valence-electron chi connectivity index (χ1n) is 6.33. The van der Waals surface area contributed by atoms with Crippen molar-refractivity contribution in [2.75, 3.05) is 0 Å². The van der Waals surface area contributed by atoms with Crippen molar-refractivity contribution in [2.24, 2.45) is 0 Å². The van der Waals surface area contributed by atoms with Gasteiger partial charge in [0.25, 0.3) is 0 Å². The number of halogens is 4. The van der Waals surface area contributed by atoms with Gasteiger partial charge in [-0.1, -0.05) is 51.8 Å². The van der Waals surface area contributed by atoms with Crippen LogP contribution in [0.5, 0.6) is 5.75 Å². The van der Waals surface area contributed by atoms with E-state index in [1.807, 2.05) is 26.0 Å². The van der Waals surface area contributed by atoms with E-state index in [9.17, 15) is 13.2 Å². The number of hydrogen-bond donors (Lipinski definition) is 0. The Labute approximate surface area is 129 Å². The highest BCUT2D eigenvalue weighted by Crippen LogP contribution is 2.34. The van der Waals surface area contributed by atoms with Crippen molar-refractivity contribution in [3.05, 3.63) is 64.7 Å². The summed E-state index contributed by atoms with van der Waals surface area (Å²) < 4.78 is 40.2. The largest absolute Gasteiger partial charge is 0.573 e. The fraction of sp³-hybridized carbons (Fsp3) is 0.250. The minimum atomic E-state index is -4.66. The molecule has 0 aliphatic rings. The Bertz CT molecular complexity index is 620. The zero-order valence-corrected chi connectivity index (χ0v) is 13.1. The van der Waals surface area contributed by atoms with Crippen LogP contribution in [0.3, 0.4) is 0 Å². The summed E-state index contributed by atoms with van der Waals surface area (Å²) in [6.45, 7) is 4.03. The number of benzene rings is 2. The minimum Gasteiger partial charge on any atom is -0.406 e. The Morgan fingerprint density at radius 1 is 1.00 bits per heavy atom. The van der Waals surface area contributed by atoms with Crippen LogP contribution in [0.15, 0.2) is 42.5 Å². The molecule has 1 unspecified atom stereocenters. The maximum atomic E-state index is 12.1. The zero-order valence-electron chi connectivity index (χ0n) is 11.5. The van der Waals surface area contributed by atoms with Gasteiger partial charge in [0.1, 0.15) is 5.75 Å². The normalized spacial score (nSPS) is 13.0. The lowest BCUT2D eigenvalue weighted by molar-refractivity contribution is -0.274. The van der Waals surface area contributed by atoms with E-state index in [0.717, 1.165) is 16.7 Å². The average molecular weight is 359 g/mol. The molecule has 0 amide bonds. The molecule has 0 radical (unpaired) electrons. The molecule has 2 rings (SSSR count). The smallest absolute Gasteiger partial charge is 0.406 e. The predicted molar refractivity (Wildman–Crippen MR) is 79.8 cm³/mol. The summed E-state index contributed by atoms with van der Waals surface area (Å²) in [5, 5.41) is 0. The topological polar surface area (TPSA) is 9.23 Å². The molecule has 0 aromatic heterocycles. The van der Waals surface area contributed by atoms with Gasteiger partial charge in [0.15, 0.2) is 0 Å². The van der Waals surface area contributed by atoms with E-state index < -0.39 is 6.36 Å². The maximum absolute atomic E-state index is 12.1. The second-order valence-electron chi connectivity index (χ2n) is 4.84. The summed E-state index contributed by atoms with van der Waals surface area (Å²) in [6.07, 6.45) is -4.66. The van der Waals surface area contributed by atoms with Gasteiger partial charge in [-0.05, 0) is 42.7 Å². The lowest BCUT2D eigenvalue weighted by Crippen LogP contribution is -2.17. The quantitative estimate of drug-likeness (QED) is 0.640. The molecule has 0 heterocycles. The van der Waals surface area contributed by atoms with Crippen LogP contribution in [0, 0.1) is 13.8 Å². The summed E-state index contributed by atoms with van der Waals surface area (Å²) in [5.41, 5.74) is 4.26. The van der Waals surface area contributed by atoms with E-state index in [1.54, 1.807) is 12.1 Å². The fourth-order valence-corrected chi connectivity index (χ4v) is 2.95. The van der Waals surface area contributed by atoms with Gasteiger partial charge in [-0.3, -0.25) is 0 Å². The van der Waals surface area contributed by atoms with E-state index >= 15 is 0 Å². The molecular formula is C16H14BrF3O.